The molecule has 1 aromatic rings. The first kappa shape index (κ1) is 13.9. The Morgan fingerprint density at radius 2 is 2.32 bits per heavy atom. The summed E-state index contributed by atoms with van der Waals surface area (Å²) in [6.07, 6.45) is 2.47. The van der Waals surface area contributed by atoms with E-state index in [2.05, 4.69) is 15.2 Å². The second-order valence-corrected chi connectivity index (χ2v) is 5.09. The number of nitrogens with zero attached hydrogens (tertiary/aromatic N) is 3. The number of hydrogen-bond acceptors (Lipinski definition) is 5. The summed E-state index contributed by atoms with van der Waals surface area (Å²) in [5.74, 6) is 0.542. The third kappa shape index (κ3) is 2.74. The fourth-order valence-electron chi connectivity index (χ4n) is 2.25. The Morgan fingerprint density at radius 3 is 2.84 bits per heavy atom. The topological polar surface area (TPSA) is 97.1 Å². The van der Waals surface area contributed by atoms with Crippen LogP contribution in [0.5, 0.6) is 0 Å². The van der Waals surface area contributed by atoms with E-state index in [1.165, 1.54) is 6.33 Å². The summed E-state index contributed by atoms with van der Waals surface area (Å²) in [4.78, 5) is 18.4. The Labute approximate surface area is 116 Å². The zero-order valence-corrected chi connectivity index (χ0v) is 11.6. The molecule has 1 aromatic heterocycles. The minimum absolute atomic E-state index is 0.0836. The molecule has 2 heterocycles. The lowest BCUT2D eigenvalue weighted by Gasteiger charge is -2.37. The smallest absolute Gasteiger partial charge is 0.235 e. The lowest BCUT2D eigenvalue weighted by molar-refractivity contribution is -0.141. The maximum Gasteiger partial charge on any atom is 0.235 e. The Bertz CT molecular complexity index is 456. The van der Waals surface area contributed by atoms with Crippen molar-refractivity contribution in [2.24, 2.45) is 11.1 Å². The number of amides is 1. The van der Waals surface area contributed by atoms with E-state index in [4.69, 9.17) is 22.7 Å². The van der Waals surface area contributed by atoms with Crippen LogP contribution in [0.25, 0.3) is 0 Å². The molecule has 0 saturated carbocycles. The highest BCUT2D eigenvalue weighted by Gasteiger charge is 2.44. The van der Waals surface area contributed by atoms with Crippen LogP contribution in [-0.2, 0) is 16.1 Å². The Kier molecular flexibility index (Phi) is 4.11. The van der Waals surface area contributed by atoms with Gasteiger partial charge in [-0.05, 0) is 12.8 Å². The predicted octanol–water partition coefficient (Wildman–Crippen LogP) is -0.154. The molecule has 104 valence electrons. The molecule has 1 fully saturated rings. The number of hydrogen-bond donors (Lipinski definition) is 2. The molecule has 1 aliphatic heterocycles. The molecule has 19 heavy (non-hydrogen) atoms. The standard InChI is InChI=1S/C11H17N5O2S/c1-16(6-8-13-7-14-15-8)10(17)11(9(12)19)2-4-18-5-3-11/h7H,2-6H2,1H3,(H2,12,19)(H,13,14,15). The fourth-order valence-corrected chi connectivity index (χ4v) is 2.55. The highest BCUT2D eigenvalue weighted by atomic mass is 32.1. The van der Waals surface area contributed by atoms with Gasteiger partial charge in [0.1, 0.15) is 17.6 Å². The van der Waals surface area contributed by atoms with Gasteiger partial charge in [-0.3, -0.25) is 9.89 Å². The van der Waals surface area contributed by atoms with E-state index in [9.17, 15) is 4.79 Å². The maximum absolute atomic E-state index is 12.6. The molecule has 0 atom stereocenters. The Morgan fingerprint density at radius 1 is 1.63 bits per heavy atom. The number of carbonyl (C=O) groups is 1. The quantitative estimate of drug-likeness (QED) is 0.746. The van der Waals surface area contributed by atoms with Crippen LogP contribution < -0.4 is 5.73 Å². The lowest BCUT2D eigenvalue weighted by atomic mass is 9.78. The van der Waals surface area contributed by atoms with Crippen molar-refractivity contribution < 1.29 is 9.53 Å². The highest BCUT2D eigenvalue weighted by molar-refractivity contribution is 7.80. The number of carbonyl (C=O) groups excluding carboxylic acids is 1. The largest absolute Gasteiger partial charge is 0.392 e. The van der Waals surface area contributed by atoms with Gasteiger partial charge in [0.05, 0.1) is 11.5 Å². The van der Waals surface area contributed by atoms with Crippen molar-refractivity contribution >= 4 is 23.1 Å². The number of nitrogens with two attached hydrogens (primary N) is 1. The molecular weight excluding hydrogens is 266 g/mol. The third-order valence-corrected chi connectivity index (χ3v) is 3.82. The fraction of sp³-hybridized carbons (Fsp3) is 0.636. The maximum atomic E-state index is 12.6. The Balaban J connectivity index is 2.13. The molecule has 0 radical (unpaired) electrons. The molecule has 1 aliphatic rings. The van der Waals surface area contributed by atoms with Crippen LogP contribution in [0.3, 0.4) is 0 Å². The van der Waals surface area contributed by atoms with Gasteiger partial charge < -0.3 is 15.4 Å². The first-order chi connectivity index (χ1) is 9.06. The van der Waals surface area contributed by atoms with Crippen LogP contribution in [-0.4, -0.2) is 51.2 Å². The lowest BCUT2D eigenvalue weighted by Crippen LogP contribution is -2.52. The molecular formula is C11H17N5O2S. The van der Waals surface area contributed by atoms with Crippen molar-refractivity contribution in [3.8, 4) is 0 Å². The summed E-state index contributed by atoms with van der Waals surface area (Å²) in [5, 5.41) is 6.48. The van der Waals surface area contributed by atoms with E-state index in [0.717, 1.165) is 0 Å². The molecule has 0 aliphatic carbocycles. The number of ether oxygens (including phenoxy) is 1. The van der Waals surface area contributed by atoms with Gasteiger partial charge in [0, 0.05) is 20.3 Å². The number of aromatic amines is 1. The molecule has 0 unspecified atom stereocenters. The monoisotopic (exact) mass is 283 g/mol. The van der Waals surface area contributed by atoms with Gasteiger partial charge in [0.15, 0.2) is 0 Å². The third-order valence-electron chi connectivity index (χ3n) is 3.43. The number of nitrogens with one attached hydrogen (secondary N) is 1. The minimum atomic E-state index is -0.789. The van der Waals surface area contributed by atoms with Gasteiger partial charge in [0.25, 0.3) is 0 Å². The number of thiocarbonyl (C=S) groups is 1. The van der Waals surface area contributed by atoms with Crippen molar-refractivity contribution in [3.63, 3.8) is 0 Å². The van der Waals surface area contributed by atoms with Gasteiger partial charge >= 0.3 is 0 Å². The van der Waals surface area contributed by atoms with E-state index in [1.54, 1.807) is 11.9 Å². The minimum Gasteiger partial charge on any atom is -0.392 e. The van der Waals surface area contributed by atoms with E-state index in [-0.39, 0.29) is 10.9 Å². The van der Waals surface area contributed by atoms with E-state index >= 15 is 0 Å². The highest BCUT2D eigenvalue weighted by Crippen LogP contribution is 2.33. The summed E-state index contributed by atoms with van der Waals surface area (Å²) in [6.45, 7) is 1.35. The molecule has 1 amide bonds. The van der Waals surface area contributed by atoms with Crippen LogP contribution >= 0.6 is 12.2 Å². The Hall–Kier alpha value is -1.54. The van der Waals surface area contributed by atoms with Crippen molar-refractivity contribution in [2.45, 2.75) is 19.4 Å². The van der Waals surface area contributed by atoms with Crippen molar-refractivity contribution in [1.29, 1.82) is 0 Å². The van der Waals surface area contributed by atoms with Gasteiger partial charge in [-0.25, -0.2) is 4.98 Å². The zero-order chi connectivity index (χ0) is 13.9. The van der Waals surface area contributed by atoms with Gasteiger partial charge in [0.2, 0.25) is 5.91 Å². The van der Waals surface area contributed by atoms with E-state index in [1.807, 2.05) is 0 Å². The molecule has 8 heteroatoms. The van der Waals surface area contributed by atoms with Gasteiger partial charge in [-0.15, -0.1) is 0 Å². The summed E-state index contributed by atoms with van der Waals surface area (Å²) in [6, 6.07) is 0. The van der Waals surface area contributed by atoms with Crippen LogP contribution in [0, 0.1) is 5.41 Å². The van der Waals surface area contributed by atoms with Crippen LogP contribution in [0.4, 0.5) is 0 Å². The summed E-state index contributed by atoms with van der Waals surface area (Å²) in [7, 11) is 1.71. The van der Waals surface area contributed by atoms with Gasteiger partial charge in [-0.2, -0.15) is 5.10 Å². The second kappa shape index (κ2) is 5.62. The molecule has 0 spiro atoms. The predicted molar refractivity (Wildman–Crippen MR) is 72.1 cm³/mol. The molecule has 1 saturated heterocycles. The summed E-state index contributed by atoms with van der Waals surface area (Å²) >= 11 is 5.11. The summed E-state index contributed by atoms with van der Waals surface area (Å²) in [5.41, 5.74) is 5.02. The molecule has 0 aromatic carbocycles. The SMILES string of the molecule is CN(Cc1ncn[nH]1)C(=O)C1(C(N)=S)CCOCC1. The van der Waals surface area contributed by atoms with Crippen LogP contribution in [0.1, 0.15) is 18.7 Å². The van der Waals surface area contributed by atoms with Crippen molar-refractivity contribution in [1.82, 2.24) is 20.1 Å². The van der Waals surface area contributed by atoms with E-state index in [0.29, 0.717) is 38.4 Å². The average molecular weight is 283 g/mol. The molecule has 0 bridgehead atoms. The number of aromatic nitrogens is 3. The van der Waals surface area contributed by atoms with Crippen LogP contribution in [0.2, 0.25) is 0 Å². The number of rotatable bonds is 4. The second-order valence-electron chi connectivity index (χ2n) is 4.65. The van der Waals surface area contributed by atoms with Crippen molar-refractivity contribution in [3.05, 3.63) is 12.2 Å². The van der Waals surface area contributed by atoms with Crippen molar-refractivity contribution in [2.75, 3.05) is 20.3 Å². The average Bonchev–Trinajstić information content (AvgIpc) is 2.91. The molecule has 2 rings (SSSR count). The first-order valence-electron chi connectivity index (χ1n) is 6.04. The zero-order valence-electron chi connectivity index (χ0n) is 10.8. The first-order valence-corrected chi connectivity index (χ1v) is 6.44. The van der Waals surface area contributed by atoms with Crippen LogP contribution in [0.15, 0.2) is 6.33 Å². The van der Waals surface area contributed by atoms with Gasteiger partial charge in [-0.1, -0.05) is 12.2 Å². The molecule has 3 N–H and O–H groups in total. The normalized spacial score (nSPS) is 17.9. The van der Waals surface area contributed by atoms with E-state index < -0.39 is 5.41 Å². The number of H-pyrrole nitrogens is 1. The molecule has 7 nitrogen and oxygen atoms in total. The summed E-state index contributed by atoms with van der Waals surface area (Å²) < 4.78 is 5.30.